The van der Waals surface area contributed by atoms with Gasteiger partial charge in [0, 0.05) is 31.2 Å². The van der Waals surface area contributed by atoms with Crippen LogP contribution in [-0.4, -0.2) is 40.0 Å². The minimum Gasteiger partial charge on any atom is -0.474 e. The Morgan fingerprint density at radius 1 is 1.18 bits per heavy atom. The molecule has 3 heterocycles. The van der Waals surface area contributed by atoms with Crippen molar-refractivity contribution in [2.45, 2.75) is 18.9 Å². The van der Waals surface area contributed by atoms with E-state index in [4.69, 9.17) is 9.47 Å². The van der Waals surface area contributed by atoms with E-state index in [0.717, 1.165) is 12.8 Å². The Morgan fingerprint density at radius 3 is 2.68 bits per heavy atom. The lowest BCUT2D eigenvalue weighted by molar-refractivity contribution is 0.0237. The Balaban J connectivity index is 1.42. The zero-order valence-corrected chi connectivity index (χ0v) is 15.1. The maximum Gasteiger partial charge on any atom is 0.273 e. The summed E-state index contributed by atoms with van der Waals surface area (Å²) in [5.41, 5.74) is 0.789. The Kier molecular flexibility index (Phi) is 5.20. The summed E-state index contributed by atoms with van der Waals surface area (Å²) in [4.78, 5) is 28.8. The van der Waals surface area contributed by atoms with E-state index in [1.54, 1.807) is 24.3 Å². The molecule has 8 heteroatoms. The third kappa shape index (κ3) is 4.12. The first-order valence-corrected chi connectivity index (χ1v) is 9.08. The lowest BCUT2D eigenvalue weighted by Crippen LogP contribution is -2.26. The van der Waals surface area contributed by atoms with Crippen LogP contribution in [0.1, 0.15) is 23.2 Å². The van der Waals surface area contributed by atoms with Gasteiger partial charge in [0.2, 0.25) is 5.88 Å². The van der Waals surface area contributed by atoms with E-state index < -0.39 is 0 Å². The molecule has 1 aromatic carbocycles. The van der Waals surface area contributed by atoms with E-state index in [2.05, 4.69) is 15.4 Å². The number of amides is 1. The SMILES string of the molecule is O=C(Nc1cc(=O)n(-c2ccccc2)[nH]1)c1ccc(OC2CCOCC2)nc1. The van der Waals surface area contributed by atoms with Crippen LogP contribution in [0.5, 0.6) is 5.88 Å². The van der Waals surface area contributed by atoms with Gasteiger partial charge in [-0.1, -0.05) is 18.2 Å². The van der Waals surface area contributed by atoms with Crippen LogP contribution in [0.3, 0.4) is 0 Å². The monoisotopic (exact) mass is 380 g/mol. The van der Waals surface area contributed by atoms with Crippen LogP contribution in [0.4, 0.5) is 5.82 Å². The topological polar surface area (TPSA) is 98.2 Å². The van der Waals surface area contributed by atoms with Crippen LogP contribution in [0.2, 0.25) is 0 Å². The van der Waals surface area contributed by atoms with Crippen LogP contribution in [-0.2, 0) is 4.74 Å². The zero-order chi connectivity index (χ0) is 19.3. The molecule has 0 unspecified atom stereocenters. The van der Waals surface area contributed by atoms with Crippen molar-refractivity contribution in [1.82, 2.24) is 14.8 Å². The van der Waals surface area contributed by atoms with Crippen molar-refractivity contribution >= 4 is 11.7 Å². The average Bonchev–Trinajstić information content (AvgIpc) is 3.10. The van der Waals surface area contributed by atoms with E-state index in [0.29, 0.717) is 36.2 Å². The minimum absolute atomic E-state index is 0.0868. The fourth-order valence-corrected chi connectivity index (χ4v) is 2.97. The summed E-state index contributed by atoms with van der Waals surface area (Å²) in [5.74, 6) is 0.417. The number of benzene rings is 1. The second-order valence-electron chi connectivity index (χ2n) is 6.45. The molecule has 0 atom stereocenters. The maximum atomic E-state index is 12.4. The molecule has 0 saturated carbocycles. The standard InChI is InChI=1S/C20H20N4O4/c25-19-12-17(23-24(19)15-4-2-1-3-5-15)22-20(26)14-6-7-18(21-13-14)28-16-8-10-27-11-9-16/h1-7,12-13,16,23H,8-11H2,(H,22,26). The average molecular weight is 380 g/mol. The molecule has 2 aromatic heterocycles. The van der Waals surface area contributed by atoms with Gasteiger partial charge in [0.1, 0.15) is 11.9 Å². The molecule has 3 aromatic rings. The molecule has 0 aliphatic carbocycles. The highest BCUT2D eigenvalue weighted by molar-refractivity contribution is 6.03. The summed E-state index contributed by atoms with van der Waals surface area (Å²) in [6.07, 6.45) is 3.20. The highest BCUT2D eigenvalue weighted by Crippen LogP contribution is 2.16. The smallest absolute Gasteiger partial charge is 0.273 e. The molecule has 1 aliphatic rings. The van der Waals surface area contributed by atoms with Crippen molar-refractivity contribution in [3.8, 4) is 11.6 Å². The van der Waals surface area contributed by atoms with E-state index in [1.165, 1.54) is 16.9 Å². The second-order valence-corrected chi connectivity index (χ2v) is 6.45. The number of para-hydroxylation sites is 1. The normalized spacial score (nSPS) is 14.6. The molecule has 0 bridgehead atoms. The van der Waals surface area contributed by atoms with Gasteiger partial charge in [-0.3, -0.25) is 14.7 Å². The van der Waals surface area contributed by atoms with Crippen molar-refractivity contribution in [3.63, 3.8) is 0 Å². The molecule has 28 heavy (non-hydrogen) atoms. The number of pyridine rings is 1. The zero-order valence-electron chi connectivity index (χ0n) is 15.1. The number of hydrogen-bond acceptors (Lipinski definition) is 5. The summed E-state index contributed by atoms with van der Waals surface area (Å²) in [5, 5.41) is 5.56. The van der Waals surface area contributed by atoms with Gasteiger partial charge in [-0.15, -0.1) is 0 Å². The summed E-state index contributed by atoms with van der Waals surface area (Å²) >= 11 is 0. The molecule has 1 aliphatic heterocycles. The molecule has 8 nitrogen and oxygen atoms in total. The fraction of sp³-hybridized carbons (Fsp3) is 0.250. The Labute approximate surface area is 161 Å². The number of ether oxygens (including phenoxy) is 2. The van der Waals surface area contributed by atoms with Gasteiger partial charge in [0.15, 0.2) is 0 Å². The lowest BCUT2D eigenvalue weighted by Gasteiger charge is -2.22. The van der Waals surface area contributed by atoms with Crippen molar-refractivity contribution in [2.24, 2.45) is 0 Å². The van der Waals surface area contributed by atoms with Gasteiger partial charge in [0.25, 0.3) is 11.5 Å². The first kappa shape index (κ1) is 18.0. The summed E-state index contributed by atoms with van der Waals surface area (Å²) in [6, 6.07) is 13.8. The number of anilines is 1. The molecule has 2 N–H and O–H groups in total. The summed E-state index contributed by atoms with van der Waals surface area (Å²) in [7, 11) is 0. The number of nitrogens with one attached hydrogen (secondary N) is 2. The molecular weight excluding hydrogens is 360 g/mol. The first-order chi connectivity index (χ1) is 13.7. The maximum absolute atomic E-state index is 12.4. The fourth-order valence-electron chi connectivity index (χ4n) is 2.97. The van der Waals surface area contributed by atoms with Crippen molar-refractivity contribution in [1.29, 1.82) is 0 Å². The van der Waals surface area contributed by atoms with Gasteiger partial charge in [-0.2, -0.15) is 0 Å². The van der Waals surface area contributed by atoms with E-state index in [9.17, 15) is 9.59 Å². The molecule has 1 fully saturated rings. The molecule has 4 rings (SSSR count). The number of rotatable bonds is 5. The van der Waals surface area contributed by atoms with Gasteiger partial charge in [-0.25, -0.2) is 9.67 Å². The van der Waals surface area contributed by atoms with Crippen LogP contribution in [0.25, 0.3) is 5.69 Å². The number of carbonyl (C=O) groups excluding carboxylic acids is 1. The van der Waals surface area contributed by atoms with E-state index >= 15 is 0 Å². The number of carbonyl (C=O) groups is 1. The second kappa shape index (κ2) is 8.10. The largest absolute Gasteiger partial charge is 0.474 e. The van der Waals surface area contributed by atoms with Crippen LogP contribution >= 0.6 is 0 Å². The van der Waals surface area contributed by atoms with Crippen molar-refractivity contribution < 1.29 is 14.3 Å². The highest BCUT2D eigenvalue weighted by Gasteiger charge is 2.16. The predicted molar refractivity (Wildman–Crippen MR) is 103 cm³/mol. The quantitative estimate of drug-likeness (QED) is 0.708. The third-order valence-electron chi connectivity index (χ3n) is 4.44. The first-order valence-electron chi connectivity index (χ1n) is 9.08. The lowest BCUT2D eigenvalue weighted by atomic mass is 10.1. The van der Waals surface area contributed by atoms with Gasteiger partial charge < -0.3 is 14.8 Å². The van der Waals surface area contributed by atoms with Gasteiger partial charge in [-0.05, 0) is 18.2 Å². The summed E-state index contributed by atoms with van der Waals surface area (Å²) in [6.45, 7) is 1.37. The van der Waals surface area contributed by atoms with Gasteiger partial charge >= 0.3 is 0 Å². The molecule has 144 valence electrons. The number of nitrogens with zero attached hydrogens (tertiary/aromatic N) is 2. The van der Waals surface area contributed by atoms with E-state index in [-0.39, 0.29) is 17.6 Å². The van der Waals surface area contributed by atoms with Crippen molar-refractivity contribution in [2.75, 3.05) is 18.5 Å². The number of hydrogen-bond donors (Lipinski definition) is 2. The number of aromatic amines is 1. The minimum atomic E-state index is -0.369. The number of H-pyrrole nitrogens is 1. The Morgan fingerprint density at radius 2 is 1.96 bits per heavy atom. The van der Waals surface area contributed by atoms with Gasteiger partial charge in [0.05, 0.1) is 24.5 Å². The number of aromatic nitrogens is 3. The molecule has 1 amide bonds. The highest BCUT2D eigenvalue weighted by atomic mass is 16.5. The molecule has 0 spiro atoms. The predicted octanol–water partition coefficient (Wildman–Crippen LogP) is 2.37. The Bertz CT molecular complexity index is 989. The Hall–Kier alpha value is -3.39. The summed E-state index contributed by atoms with van der Waals surface area (Å²) < 4.78 is 12.5. The van der Waals surface area contributed by atoms with E-state index in [1.807, 2.05) is 18.2 Å². The van der Waals surface area contributed by atoms with Crippen molar-refractivity contribution in [3.05, 3.63) is 70.6 Å². The molecular formula is C20H20N4O4. The molecule has 0 radical (unpaired) electrons. The van der Waals surface area contributed by atoms with Crippen LogP contribution in [0.15, 0.2) is 59.5 Å². The molecule has 1 saturated heterocycles. The van der Waals surface area contributed by atoms with Crippen LogP contribution < -0.4 is 15.6 Å². The van der Waals surface area contributed by atoms with Crippen LogP contribution in [0, 0.1) is 0 Å². The third-order valence-corrected chi connectivity index (χ3v) is 4.44.